The minimum atomic E-state index is 1.01. The predicted molar refractivity (Wildman–Crippen MR) is 107 cm³/mol. The molecule has 0 spiro atoms. The van der Waals surface area contributed by atoms with E-state index in [1.807, 2.05) is 18.5 Å². The van der Waals surface area contributed by atoms with Crippen molar-refractivity contribution in [3.05, 3.63) is 85.2 Å². The lowest BCUT2D eigenvalue weighted by Crippen LogP contribution is -1.88. The van der Waals surface area contributed by atoms with Crippen LogP contribution in [0.25, 0.3) is 55.2 Å². The number of aromatic nitrogens is 2. The zero-order chi connectivity index (χ0) is 17.1. The SMILES string of the molecule is c1cc2c3c(cccc3c1)-c1nc(-c3ccc4cnccc4c3)ccc1-2. The number of pyridine rings is 2. The average molecular weight is 330 g/mol. The zero-order valence-electron chi connectivity index (χ0n) is 14.0. The van der Waals surface area contributed by atoms with Gasteiger partial charge in [0.05, 0.1) is 11.4 Å². The summed E-state index contributed by atoms with van der Waals surface area (Å²) in [6, 6.07) is 25.8. The van der Waals surface area contributed by atoms with Gasteiger partial charge in [0.1, 0.15) is 0 Å². The normalized spacial score (nSPS) is 11.8. The van der Waals surface area contributed by atoms with Crippen LogP contribution >= 0.6 is 0 Å². The molecule has 0 N–H and O–H groups in total. The summed E-state index contributed by atoms with van der Waals surface area (Å²) in [7, 11) is 0. The Kier molecular flexibility index (Phi) is 2.64. The van der Waals surface area contributed by atoms with Gasteiger partial charge in [-0.25, -0.2) is 4.98 Å². The van der Waals surface area contributed by atoms with Crippen molar-refractivity contribution in [1.82, 2.24) is 9.97 Å². The number of benzene rings is 3. The van der Waals surface area contributed by atoms with Crippen molar-refractivity contribution >= 4 is 21.5 Å². The van der Waals surface area contributed by atoms with Crippen LogP contribution in [0.15, 0.2) is 85.2 Å². The van der Waals surface area contributed by atoms with Crippen molar-refractivity contribution in [3.63, 3.8) is 0 Å². The third-order valence-electron chi connectivity index (χ3n) is 5.28. The summed E-state index contributed by atoms with van der Waals surface area (Å²) >= 11 is 0. The van der Waals surface area contributed by atoms with Crippen LogP contribution in [0.5, 0.6) is 0 Å². The average Bonchev–Trinajstić information content (AvgIpc) is 3.03. The van der Waals surface area contributed by atoms with E-state index in [0.717, 1.165) is 22.3 Å². The van der Waals surface area contributed by atoms with Gasteiger partial charge in [-0.15, -0.1) is 0 Å². The first-order valence-corrected chi connectivity index (χ1v) is 8.76. The van der Waals surface area contributed by atoms with E-state index in [2.05, 4.69) is 71.7 Å². The molecule has 0 bridgehead atoms. The van der Waals surface area contributed by atoms with Crippen molar-refractivity contribution in [2.75, 3.05) is 0 Å². The molecule has 120 valence electrons. The van der Waals surface area contributed by atoms with E-state index in [4.69, 9.17) is 4.98 Å². The summed E-state index contributed by atoms with van der Waals surface area (Å²) in [6.07, 6.45) is 3.73. The first-order chi connectivity index (χ1) is 12.9. The molecule has 2 heterocycles. The fourth-order valence-corrected chi connectivity index (χ4v) is 4.05. The van der Waals surface area contributed by atoms with E-state index in [0.29, 0.717) is 0 Å². The number of hydrogen-bond acceptors (Lipinski definition) is 2. The molecule has 1 aliphatic rings. The molecule has 2 aromatic heterocycles. The lowest BCUT2D eigenvalue weighted by atomic mass is 10.0. The second-order valence-electron chi connectivity index (χ2n) is 6.74. The Morgan fingerprint density at radius 1 is 0.615 bits per heavy atom. The molecule has 0 fully saturated rings. The van der Waals surface area contributed by atoms with E-state index in [1.165, 1.54) is 32.8 Å². The van der Waals surface area contributed by atoms with Crippen LogP contribution in [-0.2, 0) is 0 Å². The monoisotopic (exact) mass is 330 g/mol. The Labute approximate surface area is 150 Å². The van der Waals surface area contributed by atoms with Crippen molar-refractivity contribution in [3.8, 4) is 33.6 Å². The maximum Gasteiger partial charge on any atom is 0.0794 e. The van der Waals surface area contributed by atoms with Gasteiger partial charge in [0.15, 0.2) is 0 Å². The van der Waals surface area contributed by atoms with Gasteiger partial charge in [-0.3, -0.25) is 4.98 Å². The van der Waals surface area contributed by atoms with Gasteiger partial charge in [-0.1, -0.05) is 48.5 Å². The number of hydrogen-bond donors (Lipinski definition) is 0. The standard InChI is InChI=1S/C24H14N2/c1-3-15-4-2-6-21-23(15)19(5-1)20-9-10-22(26-24(20)21)17-7-8-18-14-25-12-11-16(18)13-17/h1-14H. The summed E-state index contributed by atoms with van der Waals surface area (Å²) in [4.78, 5) is 9.25. The molecular weight excluding hydrogens is 316 g/mol. The van der Waals surface area contributed by atoms with Crippen LogP contribution in [0.3, 0.4) is 0 Å². The molecule has 1 aliphatic carbocycles. The minimum absolute atomic E-state index is 1.01. The Morgan fingerprint density at radius 2 is 1.50 bits per heavy atom. The number of rotatable bonds is 1. The lowest BCUT2D eigenvalue weighted by Gasteiger charge is -2.07. The van der Waals surface area contributed by atoms with Crippen molar-refractivity contribution in [1.29, 1.82) is 0 Å². The molecule has 5 aromatic rings. The van der Waals surface area contributed by atoms with Crippen LogP contribution in [0, 0.1) is 0 Å². The fourth-order valence-electron chi connectivity index (χ4n) is 4.05. The summed E-state index contributed by atoms with van der Waals surface area (Å²) in [5.74, 6) is 0. The Balaban J connectivity index is 1.59. The maximum atomic E-state index is 5.05. The van der Waals surface area contributed by atoms with Crippen LogP contribution in [0.4, 0.5) is 0 Å². The van der Waals surface area contributed by atoms with Crippen molar-refractivity contribution in [2.45, 2.75) is 0 Å². The van der Waals surface area contributed by atoms with E-state index in [-0.39, 0.29) is 0 Å². The first-order valence-electron chi connectivity index (χ1n) is 8.76. The molecule has 0 saturated carbocycles. The molecule has 0 unspecified atom stereocenters. The number of fused-ring (bicyclic) bond motifs is 4. The molecule has 2 heteroatoms. The van der Waals surface area contributed by atoms with E-state index in [9.17, 15) is 0 Å². The molecule has 0 aliphatic heterocycles. The quantitative estimate of drug-likeness (QED) is 0.364. The second-order valence-corrected chi connectivity index (χ2v) is 6.74. The Bertz CT molecular complexity index is 1330. The van der Waals surface area contributed by atoms with Gasteiger partial charge in [-0.05, 0) is 46.0 Å². The zero-order valence-corrected chi connectivity index (χ0v) is 14.0. The first kappa shape index (κ1) is 13.7. The molecule has 0 saturated heterocycles. The van der Waals surface area contributed by atoms with E-state index >= 15 is 0 Å². The maximum absolute atomic E-state index is 5.05. The van der Waals surface area contributed by atoms with Gasteiger partial charge < -0.3 is 0 Å². The van der Waals surface area contributed by atoms with Crippen molar-refractivity contribution in [2.24, 2.45) is 0 Å². The third kappa shape index (κ3) is 1.81. The summed E-state index contributed by atoms with van der Waals surface area (Å²) in [5, 5.41) is 4.93. The van der Waals surface area contributed by atoms with Crippen LogP contribution in [0.1, 0.15) is 0 Å². The highest BCUT2D eigenvalue weighted by Crippen LogP contribution is 2.46. The molecule has 26 heavy (non-hydrogen) atoms. The topological polar surface area (TPSA) is 25.8 Å². The predicted octanol–water partition coefficient (Wildman–Crippen LogP) is 6.10. The highest BCUT2D eigenvalue weighted by Gasteiger charge is 2.22. The van der Waals surface area contributed by atoms with Gasteiger partial charge >= 0.3 is 0 Å². The molecule has 0 atom stereocenters. The largest absolute Gasteiger partial charge is 0.264 e. The summed E-state index contributed by atoms with van der Waals surface area (Å²) < 4.78 is 0. The fraction of sp³-hybridized carbons (Fsp3) is 0. The molecule has 3 aromatic carbocycles. The van der Waals surface area contributed by atoms with Crippen molar-refractivity contribution < 1.29 is 0 Å². The highest BCUT2D eigenvalue weighted by molar-refractivity contribution is 6.14. The Hall–Kier alpha value is -3.52. The second kappa shape index (κ2) is 4.99. The molecule has 6 rings (SSSR count). The van der Waals surface area contributed by atoms with Gasteiger partial charge in [0.25, 0.3) is 0 Å². The van der Waals surface area contributed by atoms with E-state index < -0.39 is 0 Å². The van der Waals surface area contributed by atoms with E-state index in [1.54, 1.807) is 0 Å². The molecule has 0 amide bonds. The minimum Gasteiger partial charge on any atom is -0.264 e. The van der Waals surface area contributed by atoms with Gasteiger partial charge in [0.2, 0.25) is 0 Å². The molecule has 0 radical (unpaired) electrons. The summed E-state index contributed by atoms with van der Waals surface area (Å²) in [6.45, 7) is 0. The van der Waals surface area contributed by atoms with Crippen LogP contribution in [0.2, 0.25) is 0 Å². The summed E-state index contributed by atoms with van der Waals surface area (Å²) in [5.41, 5.74) is 6.98. The van der Waals surface area contributed by atoms with Crippen LogP contribution in [-0.4, -0.2) is 9.97 Å². The van der Waals surface area contributed by atoms with Crippen LogP contribution < -0.4 is 0 Å². The number of nitrogens with zero attached hydrogens (tertiary/aromatic N) is 2. The van der Waals surface area contributed by atoms with Gasteiger partial charge in [-0.2, -0.15) is 0 Å². The van der Waals surface area contributed by atoms with Gasteiger partial charge in [0, 0.05) is 34.5 Å². The Morgan fingerprint density at radius 3 is 2.42 bits per heavy atom. The molecule has 2 nitrogen and oxygen atoms in total. The highest BCUT2D eigenvalue weighted by atomic mass is 14.7. The molecular formula is C24H14N2. The lowest BCUT2D eigenvalue weighted by molar-refractivity contribution is 1.34. The smallest absolute Gasteiger partial charge is 0.0794 e. The third-order valence-corrected chi connectivity index (χ3v) is 5.28.